The maximum absolute atomic E-state index is 10.9. The first-order valence-corrected chi connectivity index (χ1v) is 7.74. The summed E-state index contributed by atoms with van der Waals surface area (Å²) in [7, 11) is 0. The minimum Gasteiger partial charge on any atom is -0.374 e. The molecule has 0 aromatic rings. The molecule has 1 aliphatic rings. The predicted octanol–water partition coefficient (Wildman–Crippen LogP) is 2.04. The summed E-state index contributed by atoms with van der Waals surface area (Å²) in [4.78, 5) is 13.4. The van der Waals surface area contributed by atoms with Crippen molar-refractivity contribution in [2.75, 3.05) is 32.8 Å². The molecule has 0 radical (unpaired) electrons. The molecule has 0 aromatic heterocycles. The summed E-state index contributed by atoms with van der Waals surface area (Å²) in [5.41, 5.74) is 0. The third-order valence-electron chi connectivity index (χ3n) is 3.86. The molecule has 1 heterocycles. The molecule has 0 aromatic carbocycles. The zero-order valence-electron chi connectivity index (χ0n) is 12.8. The van der Waals surface area contributed by atoms with Crippen molar-refractivity contribution in [1.29, 1.82) is 0 Å². The standard InChI is InChI=1S/C15H30N2O2/c1-4-6-7-14(5-2)11-17-8-9-19-15(12-17)10-16-13(3)18/h14-15H,4-12H2,1-3H3,(H,16,18). The Balaban J connectivity index is 2.30. The van der Waals surface area contributed by atoms with E-state index < -0.39 is 0 Å². The van der Waals surface area contributed by atoms with E-state index in [1.54, 1.807) is 6.92 Å². The number of hydrogen-bond acceptors (Lipinski definition) is 3. The maximum atomic E-state index is 10.9. The molecule has 0 aliphatic carbocycles. The number of rotatable bonds is 8. The van der Waals surface area contributed by atoms with E-state index in [4.69, 9.17) is 4.74 Å². The van der Waals surface area contributed by atoms with Crippen molar-refractivity contribution in [3.63, 3.8) is 0 Å². The van der Waals surface area contributed by atoms with Crippen LogP contribution in [0.5, 0.6) is 0 Å². The molecule has 0 spiro atoms. The Labute approximate surface area is 117 Å². The number of ether oxygens (including phenoxy) is 1. The number of nitrogens with zero attached hydrogens (tertiary/aromatic N) is 1. The Morgan fingerprint density at radius 2 is 2.26 bits per heavy atom. The third-order valence-corrected chi connectivity index (χ3v) is 3.86. The van der Waals surface area contributed by atoms with E-state index in [0.717, 1.165) is 25.6 Å². The highest BCUT2D eigenvalue weighted by Gasteiger charge is 2.22. The molecule has 0 bridgehead atoms. The van der Waals surface area contributed by atoms with Gasteiger partial charge in [0, 0.05) is 33.1 Å². The van der Waals surface area contributed by atoms with Gasteiger partial charge in [0.25, 0.3) is 0 Å². The van der Waals surface area contributed by atoms with E-state index in [0.29, 0.717) is 6.54 Å². The van der Waals surface area contributed by atoms with Crippen LogP contribution in [0.15, 0.2) is 0 Å². The van der Waals surface area contributed by atoms with Gasteiger partial charge in [0.05, 0.1) is 12.7 Å². The van der Waals surface area contributed by atoms with Crippen molar-refractivity contribution in [2.24, 2.45) is 5.92 Å². The second-order valence-electron chi connectivity index (χ2n) is 5.61. The molecule has 0 saturated carbocycles. The van der Waals surface area contributed by atoms with E-state index in [2.05, 4.69) is 24.1 Å². The summed E-state index contributed by atoms with van der Waals surface area (Å²) in [5.74, 6) is 0.828. The van der Waals surface area contributed by atoms with Crippen molar-refractivity contribution in [2.45, 2.75) is 52.6 Å². The van der Waals surface area contributed by atoms with Crippen molar-refractivity contribution >= 4 is 5.91 Å². The van der Waals surface area contributed by atoms with Crippen LogP contribution >= 0.6 is 0 Å². The predicted molar refractivity (Wildman–Crippen MR) is 78.2 cm³/mol. The fourth-order valence-electron chi connectivity index (χ4n) is 2.61. The fraction of sp³-hybridized carbons (Fsp3) is 0.933. The van der Waals surface area contributed by atoms with E-state index >= 15 is 0 Å². The lowest BCUT2D eigenvalue weighted by atomic mass is 9.98. The largest absolute Gasteiger partial charge is 0.374 e. The van der Waals surface area contributed by atoms with Gasteiger partial charge in [-0.25, -0.2) is 0 Å². The van der Waals surface area contributed by atoms with Gasteiger partial charge in [-0.2, -0.15) is 0 Å². The Hall–Kier alpha value is -0.610. The van der Waals surface area contributed by atoms with Crippen LogP contribution in [0, 0.1) is 5.92 Å². The van der Waals surface area contributed by atoms with Crippen LogP contribution in [-0.4, -0.2) is 49.7 Å². The zero-order chi connectivity index (χ0) is 14.1. The van der Waals surface area contributed by atoms with E-state index in [1.807, 2.05) is 0 Å². The molecule has 1 saturated heterocycles. The molecule has 1 aliphatic heterocycles. The lowest BCUT2D eigenvalue weighted by molar-refractivity contribution is -0.120. The van der Waals surface area contributed by atoms with Gasteiger partial charge >= 0.3 is 0 Å². The maximum Gasteiger partial charge on any atom is 0.216 e. The van der Waals surface area contributed by atoms with E-state index in [1.165, 1.54) is 32.2 Å². The van der Waals surface area contributed by atoms with Crippen molar-refractivity contribution in [3.05, 3.63) is 0 Å². The van der Waals surface area contributed by atoms with E-state index in [-0.39, 0.29) is 12.0 Å². The first-order valence-electron chi connectivity index (χ1n) is 7.74. The van der Waals surface area contributed by atoms with Gasteiger partial charge in [-0.15, -0.1) is 0 Å². The van der Waals surface area contributed by atoms with Gasteiger partial charge < -0.3 is 10.1 Å². The van der Waals surface area contributed by atoms with Crippen molar-refractivity contribution < 1.29 is 9.53 Å². The number of amides is 1. The van der Waals surface area contributed by atoms with Gasteiger partial charge in [-0.3, -0.25) is 9.69 Å². The number of nitrogens with one attached hydrogen (secondary N) is 1. The van der Waals surface area contributed by atoms with Gasteiger partial charge in [-0.05, 0) is 12.3 Å². The normalized spacial score (nSPS) is 22.2. The zero-order valence-corrected chi connectivity index (χ0v) is 12.8. The molecule has 4 heteroatoms. The minimum absolute atomic E-state index is 0.0232. The third kappa shape index (κ3) is 6.92. The molecule has 112 valence electrons. The quantitative estimate of drug-likeness (QED) is 0.734. The molecule has 4 nitrogen and oxygen atoms in total. The van der Waals surface area contributed by atoms with Crippen LogP contribution in [0.1, 0.15) is 46.5 Å². The Morgan fingerprint density at radius 1 is 1.47 bits per heavy atom. The summed E-state index contributed by atoms with van der Waals surface area (Å²) in [6.07, 6.45) is 5.36. The number of hydrogen-bond donors (Lipinski definition) is 1. The topological polar surface area (TPSA) is 41.6 Å². The number of morpholine rings is 1. The summed E-state index contributed by atoms with van der Waals surface area (Å²) >= 11 is 0. The molecule has 2 unspecified atom stereocenters. The highest BCUT2D eigenvalue weighted by molar-refractivity contribution is 5.72. The summed E-state index contributed by atoms with van der Waals surface area (Å²) < 4.78 is 5.70. The van der Waals surface area contributed by atoms with Gasteiger partial charge in [0.1, 0.15) is 0 Å². The molecule has 1 amide bonds. The molecular weight excluding hydrogens is 240 g/mol. The van der Waals surface area contributed by atoms with Crippen LogP contribution in [0.2, 0.25) is 0 Å². The number of carbonyl (C=O) groups excluding carboxylic acids is 1. The average molecular weight is 270 g/mol. The highest BCUT2D eigenvalue weighted by Crippen LogP contribution is 2.16. The smallest absolute Gasteiger partial charge is 0.216 e. The number of unbranched alkanes of at least 4 members (excludes halogenated alkanes) is 1. The van der Waals surface area contributed by atoms with Crippen LogP contribution in [0.25, 0.3) is 0 Å². The van der Waals surface area contributed by atoms with Gasteiger partial charge in [-0.1, -0.05) is 33.1 Å². The highest BCUT2D eigenvalue weighted by atomic mass is 16.5. The Morgan fingerprint density at radius 3 is 2.89 bits per heavy atom. The van der Waals surface area contributed by atoms with Crippen molar-refractivity contribution in [3.8, 4) is 0 Å². The van der Waals surface area contributed by atoms with Gasteiger partial charge in [0.15, 0.2) is 0 Å². The second kappa shape index (κ2) is 9.32. The van der Waals surface area contributed by atoms with Crippen LogP contribution in [-0.2, 0) is 9.53 Å². The second-order valence-corrected chi connectivity index (χ2v) is 5.61. The monoisotopic (exact) mass is 270 g/mol. The van der Waals surface area contributed by atoms with E-state index in [9.17, 15) is 4.79 Å². The average Bonchev–Trinajstić information content (AvgIpc) is 2.41. The van der Waals surface area contributed by atoms with Gasteiger partial charge in [0.2, 0.25) is 5.91 Å². The van der Waals surface area contributed by atoms with Crippen molar-refractivity contribution in [1.82, 2.24) is 10.2 Å². The molecule has 19 heavy (non-hydrogen) atoms. The van der Waals surface area contributed by atoms with Crippen LogP contribution in [0.4, 0.5) is 0 Å². The first-order chi connectivity index (χ1) is 9.15. The molecular formula is C15H30N2O2. The summed E-state index contributed by atoms with van der Waals surface area (Å²) in [6.45, 7) is 10.7. The first kappa shape index (κ1) is 16.4. The Bertz CT molecular complexity index is 259. The lowest BCUT2D eigenvalue weighted by Gasteiger charge is -2.35. The lowest BCUT2D eigenvalue weighted by Crippen LogP contribution is -2.48. The molecule has 1 fully saturated rings. The Kier molecular flexibility index (Phi) is 8.07. The molecule has 1 rings (SSSR count). The summed E-state index contributed by atoms with van der Waals surface area (Å²) in [6, 6.07) is 0. The molecule has 1 N–H and O–H groups in total. The SMILES string of the molecule is CCCCC(CC)CN1CCOC(CNC(C)=O)C1. The number of carbonyl (C=O) groups is 1. The fourth-order valence-corrected chi connectivity index (χ4v) is 2.61. The van der Waals surface area contributed by atoms with Crippen LogP contribution < -0.4 is 5.32 Å². The minimum atomic E-state index is 0.0232. The molecule has 2 atom stereocenters. The van der Waals surface area contributed by atoms with Crippen LogP contribution in [0.3, 0.4) is 0 Å². The summed E-state index contributed by atoms with van der Waals surface area (Å²) in [5, 5.41) is 2.85.